The molecule has 0 saturated carbocycles. The maximum absolute atomic E-state index is 12.8. The number of hydrogen-bond acceptors (Lipinski definition) is 5. The summed E-state index contributed by atoms with van der Waals surface area (Å²) >= 11 is 0. The van der Waals surface area contributed by atoms with Crippen LogP contribution < -0.4 is 4.90 Å². The van der Waals surface area contributed by atoms with Crippen molar-refractivity contribution in [3.8, 4) is 0 Å². The number of likely N-dealkylation sites (tertiary alicyclic amines) is 1. The Hall–Kier alpha value is -3.15. The minimum Gasteiger partial charge on any atom is -0.507 e. The van der Waals surface area contributed by atoms with Crippen molar-refractivity contribution in [2.45, 2.75) is 33.2 Å². The number of hydrogen-bond donors (Lipinski definition) is 1. The predicted molar refractivity (Wildman–Crippen MR) is 114 cm³/mol. The zero-order valence-electron chi connectivity index (χ0n) is 17.1. The Morgan fingerprint density at radius 3 is 2.21 bits per heavy atom. The van der Waals surface area contributed by atoms with Gasteiger partial charge in [0.1, 0.15) is 5.76 Å². The summed E-state index contributed by atoms with van der Waals surface area (Å²) < 4.78 is 0. The SMILES string of the molecule is CCCN1C(=O)C(=O)/C(=C(\O)c2ccncc2)C1c1ccc(N(CC)CC)cc1. The number of Topliss-reactive ketones (excluding diaryl/α,β-unsaturated/α-hetero) is 1. The van der Waals surface area contributed by atoms with Crippen LogP contribution in [0.15, 0.2) is 54.4 Å². The second-order valence-corrected chi connectivity index (χ2v) is 6.99. The highest BCUT2D eigenvalue weighted by Gasteiger charge is 2.45. The van der Waals surface area contributed by atoms with Crippen LogP contribution in [0.3, 0.4) is 0 Å². The average molecular weight is 393 g/mol. The van der Waals surface area contributed by atoms with E-state index in [1.807, 2.05) is 31.2 Å². The molecule has 1 aliphatic heterocycles. The molecule has 0 spiro atoms. The number of carbonyl (C=O) groups is 2. The summed E-state index contributed by atoms with van der Waals surface area (Å²) in [5, 5.41) is 10.9. The van der Waals surface area contributed by atoms with E-state index >= 15 is 0 Å². The molecule has 1 amide bonds. The fourth-order valence-corrected chi connectivity index (χ4v) is 3.82. The largest absolute Gasteiger partial charge is 0.507 e. The average Bonchev–Trinajstić information content (AvgIpc) is 3.00. The number of benzene rings is 1. The van der Waals surface area contributed by atoms with Crippen molar-refractivity contribution in [3.05, 3.63) is 65.5 Å². The third-order valence-electron chi connectivity index (χ3n) is 5.30. The Kier molecular flexibility index (Phi) is 6.32. The Morgan fingerprint density at radius 1 is 1.03 bits per heavy atom. The summed E-state index contributed by atoms with van der Waals surface area (Å²) in [6.45, 7) is 8.39. The van der Waals surface area contributed by atoms with Gasteiger partial charge in [-0.05, 0) is 50.1 Å². The number of aliphatic hydroxyl groups is 1. The van der Waals surface area contributed by atoms with Crippen LogP contribution in [0.4, 0.5) is 5.69 Å². The van der Waals surface area contributed by atoms with Crippen LogP contribution in [-0.2, 0) is 9.59 Å². The zero-order valence-corrected chi connectivity index (χ0v) is 17.1. The van der Waals surface area contributed by atoms with Gasteiger partial charge in [0, 0.05) is 43.3 Å². The van der Waals surface area contributed by atoms with Crippen LogP contribution in [0, 0.1) is 0 Å². The van der Waals surface area contributed by atoms with Gasteiger partial charge in [-0.2, -0.15) is 0 Å². The van der Waals surface area contributed by atoms with Crippen molar-refractivity contribution in [2.75, 3.05) is 24.5 Å². The number of nitrogens with zero attached hydrogens (tertiary/aromatic N) is 3. The fraction of sp³-hybridized carbons (Fsp3) is 0.348. The van der Waals surface area contributed by atoms with Crippen molar-refractivity contribution in [3.63, 3.8) is 0 Å². The second kappa shape index (κ2) is 8.90. The van der Waals surface area contributed by atoms with E-state index in [4.69, 9.17) is 0 Å². The normalized spacial score (nSPS) is 18.3. The summed E-state index contributed by atoms with van der Waals surface area (Å²) in [6, 6.07) is 10.5. The molecule has 2 aromatic rings. The van der Waals surface area contributed by atoms with Crippen molar-refractivity contribution in [1.82, 2.24) is 9.88 Å². The van der Waals surface area contributed by atoms with E-state index in [0.29, 0.717) is 12.1 Å². The van der Waals surface area contributed by atoms with Crippen LogP contribution >= 0.6 is 0 Å². The zero-order chi connectivity index (χ0) is 21.0. The van der Waals surface area contributed by atoms with Gasteiger partial charge in [-0.3, -0.25) is 14.6 Å². The quantitative estimate of drug-likeness (QED) is 0.440. The summed E-state index contributed by atoms with van der Waals surface area (Å²) in [4.78, 5) is 33.3. The molecule has 0 radical (unpaired) electrons. The van der Waals surface area contributed by atoms with E-state index in [2.05, 4.69) is 23.7 Å². The molecule has 1 fully saturated rings. The third-order valence-corrected chi connectivity index (χ3v) is 5.30. The first-order valence-electron chi connectivity index (χ1n) is 10.1. The minimum absolute atomic E-state index is 0.130. The van der Waals surface area contributed by atoms with Gasteiger partial charge >= 0.3 is 0 Å². The molecule has 1 aromatic carbocycles. The lowest BCUT2D eigenvalue weighted by Gasteiger charge is -2.26. The van der Waals surface area contributed by atoms with E-state index in [1.165, 1.54) is 0 Å². The maximum Gasteiger partial charge on any atom is 0.295 e. The standard InChI is InChI=1S/C23H27N3O3/c1-4-15-26-20(16-7-9-18(10-8-16)25(5-2)6-3)19(22(28)23(26)29)21(27)17-11-13-24-14-12-17/h7-14,20,27H,4-6,15H2,1-3H3/b21-19-. The first-order chi connectivity index (χ1) is 14.0. The Morgan fingerprint density at radius 2 is 1.66 bits per heavy atom. The van der Waals surface area contributed by atoms with Crippen LogP contribution in [0.1, 0.15) is 44.4 Å². The van der Waals surface area contributed by atoms with Crippen LogP contribution in [0.5, 0.6) is 0 Å². The Balaban J connectivity index is 2.10. The van der Waals surface area contributed by atoms with Gasteiger partial charge in [0.15, 0.2) is 0 Å². The first-order valence-corrected chi connectivity index (χ1v) is 10.1. The van der Waals surface area contributed by atoms with Crippen molar-refractivity contribution in [1.29, 1.82) is 0 Å². The molecule has 0 aliphatic carbocycles. The van der Waals surface area contributed by atoms with Gasteiger partial charge in [0.2, 0.25) is 0 Å². The second-order valence-electron chi connectivity index (χ2n) is 6.99. The van der Waals surface area contributed by atoms with Crippen molar-refractivity contribution >= 4 is 23.1 Å². The highest BCUT2D eigenvalue weighted by molar-refractivity contribution is 6.46. The van der Waals surface area contributed by atoms with E-state index in [1.54, 1.807) is 29.4 Å². The summed E-state index contributed by atoms with van der Waals surface area (Å²) in [5.74, 6) is -1.38. The monoisotopic (exact) mass is 393 g/mol. The van der Waals surface area contributed by atoms with Crippen LogP contribution in [0.2, 0.25) is 0 Å². The molecule has 1 aliphatic rings. The van der Waals surface area contributed by atoms with E-state index in [9.17, 15) is 14.7 Å². The molecule has 0 bridgehead atoms. The Bertz CT molecular complexity index is 903. The molecule has 1 aromatic heterocycles. The smallest absolute Gasteiger partial charge is 0.295 e. The van der Waals surface area contributed by atoms with Gasteiger partial charge in [-0.1, -0.05) is 19.1 Å². The van der Waals surface area contributed by atoms with Crippen LogP contribution in [-0.4, -0.2) is 46.3 Å². The molecule has 29 heavy (non-hydrogen) atoms. The third kappa shape index (κ3) is 3.88. The van der Waals surface area contributed by atoms with Crippen LogP contribution in [0.25, 0.3) is 5.76 Å². The minimum atomic E-state index is -0.648. The van der Waals surface area contributed by atoms with Gasteiger partial charge in [-0.15, -0.1) is 0 Å². The molecular formula is C23H27N3O3. The number of pyridine rings is 1. The molecule has 3 rings (SSSR count). The molecular weight excluding hydrogens is 366 g/mol. The molecule has 6 heteroatoms. The van der Waals surface area contributed by atoms with E-state index < -0.39 is 17.7 Å². The molecule has 1 atom stereocenters. The number of amides is 1. The Labute approximate surface area is 171 Å². The lowest BCUT2D eigenvalue weighted by molar-refractivity contribution is -0.139. The van der Waals surface area contributed by atoms with E-state index in [0.717, 1.165) is 30.8 Å². The molecule has 1 unspecified atom stereocenters. The topological polar surface area (TPSA) is 73.7 Å². The lowest BCUT2D eigenvalue weighted by atomic mass is 9.95. The molecule has 2 heterocycles. The van der Waals surface area contributed by atoms with Gasteiger partial charge in [0.25, 0.3) is 11.7 Å². The van der Waals surface area contributed by atoms with Gasteiger partial charge in [-0.25, -0.2) is 0 Å². The number of rotatable bonds is 7. The summed E-state index contributed by atoms with van der Waals surface area (Å²) in [6.07, 6.45) is 3.81. The number of aromatic nitrogens is 1. The summed E-state index contributed by atoms with van der Waals surface area (Å²) in [5.41, 5.74) is 2.49. The first kappa shape index (κ1) is 20.6. The number of ketones is 1. The van der Waals surface area contributed by atoms with Gasteiger partial charge in [0.05, 0.1) is 11.6 Å². The highest BCUT2D eigenvalue weighted by Crippen LogP contribution is 2.39. The molecule has 6 nitrogen and oxygen atoms in total. The predicted octanol–water partition coefficient (Wildman–Crippen LogP) is 3.76. The molecule has 1 saturated heterocycles. The lowest BCUT2D eigenvalue weighted by Crippen LogP contribution is -2.30. The van der Waals surface area contributed by atoms with E-state index in [-0.39, 0.29) is 11.3 Å². The molecule has 1 N–H and O–H groups in total. The van der Waals surface area contributed by atoms with Gasteiger partial charge < -0.3 is 14.9 Å². The van der Waals surface area contributed by atoms with Crippen molar-refractivity contribution < 1.29 is 14.7 Å². The number of carbonyl (C=O) groups excluding carboxylic acids is 2. The molecule has 152 valence electrons. The summed E-state index contributed by atoms with van der Waals surface area (Å²) in [7, 11) is 0. The maximum atomic E-state index is 12.8. The number of aliphatic hydroxyl groups excluding tert-OH is 1. The fourth-order valence-electron chi connectivity index (χ4n) is 3.82. The van der Waals surface area contributed by atoms with Crippen molar-refractivity contribution in [2.24, 2.45) is 0 Å². The highest BCUT2D eigenvalue weighted by atomic mass is 16.3. The number of anilines is 1.